The number of nitrogens with one attached hydrogen (secondary N) is 1. The lowest BCUT2D eigenvalue weighted by molar-refractivity contribution is -0.158. The summed E-state index contributed by atoms with van der Waals surface area (Å²) in [5.41, 5.74) is -1.23. The highest BCUT2D eigenvalue weighted by molar-refractivity contribution is 5.88. The van der Waals surface area contributed by atoms with Crippen molar-refractivity contribution in [2.45, 2.75) is 136 Å². The van der Waals surface area contributed by atoms with Crippen LogP contribution in [0.5, 0.6) is 11.5 Å². The van der Waals surface area contributed by atoms with E-state index in [-0.39, 0.29) is 41.6 Å². The average Bonchev–Trinajstić information content (AvgIpc) is 2.89. The number of phenols is 2. The molecule has 0 fully saturated rings. The number of phenolic OH excluding ortho intramolecular Hbond substituents is 2. The van der Waals surface area contributed by atoms with Gasteiger partial charge < -0.3 is 30.8 Å². The topological polar surface area (TPSA) is 147 Å². The van der Waals surface area contributed by atoms with E-state index < -0.39 is 46.9 Å². The van der Waals surface area contributed by atoms with E-state index in [9.17, 15) is 35.1 Å². The molecule has 2 aromatic rings. The Bertz CT molecular complexity index is 1360. The lowest BCUT2D eigenvalue weighted by Crippen LogP contribution is -2.68. The molecule has 2 rings (SSSR count). The monoisotopic (exact) mass is 641 g/mol. The number of aromatic hydroxyl groups is 2. The van der Waals surface area contributed by atoms with Gasteiger partial charge in [0.05, 0.1) is 13.2 Å². The summed E-state index contributed by atoms with van der Waals surface area (Å²) in [6.45, 7) is 23.8. The summed E-state index contributed by atoms with van der Waals surface area (Å²) in [5, 5.41) is 56.9. The molecule has 2 aromatic carbocycles. The van der Waals surface area contributed by atoms with Gasteiger partial charge in [-0.2, -0.15) is 0 Å². The molecule has 8 heteroatoms. The molecule has 1 atom stereocenters. The molecule has 0 spiro atoms. The fourth-order valence-corrected chi connectivity index (χ4v) is 5.90. The number of carboxylic acid groups (broad SMARTS) is 1. The van der Waals surface area contributed by atoms with E-state index in [1.165, 1.54) is 6.92 Å². The lowest BCUT2D eigenvalue weighted by Gasteiger charge is -2.44. The third kappa shape index (κ3) is 8.24. The van der Waals surface area contributed by atoms with Crippen LogP contribution in [0.2, 0.25) is 0 Å². The summed E-state index contributed by atoms with van der Waals surface area (Å²) in [7, 11) is 0. The van der Waals surface area contributed by atoms with Gasteiger partial charge in [0.25, 0.3) is 0 Å². The normalized spacial score (nSPS) is 14.6. The summed E-state index contributed by atoms with van der Waals surface area (Å²) in [4.78, 5) is 27.0. The predicted octanol–water partition coefficient (Wildman–Crippen LogP) is 6.39. The van der Waals surface area contributed by atoms with E-state index >= 15 is 0 Å². The first-order valence-corrected chi connectivity index (χ1v) is 16.1. The quantitative estimate of drug-likeness (QED) is 0.176. The average molecular weight is 642 g/mol. The third-order valence-electron chi connectivity index (χ3n) is 9.13. The molecule has 1 amide bonds. The van der Waals surface area contributed by atoms with Crippen molar-refractivity contribution in [1.82, 2.24) is 5.32 Å². The number of aliphatic carboxylic acids is 1. The van der Waals surface area contributed by atoms with Crippen molar-refractivity contribution in [1.29, 1.82) is 0 Å². The number of amides is 1. The molecule has 0 aromatic heterocycles. The van der Waals surface area contributed by atoms with Gasteiger partial charge in [0, 0.05) is 18.3 Å². The van der Waals surface area contributed by atoms with Crippen LogP contribution in [0.4, 0.5) is 0 Å². The minimum atomic E-state index is -2.09. The molecule has 258 valence electrons. The summed E-state index contributed by atoms with van der Waals surface area (Å²) >= 11 is 0. The first-order valence-electron chi connectivity index (χ1n) is 16.1. The summed E-state index contributed by atoms with van der Waals surface area (Å²) in [6.07, 6.45) is -0.0137. The smallest absolute Gasteiger partial charge is 0.330 e. The number of aryl methyl sites for hydroxylation is 1. The summed E-state index contributed by atoms with van der Waals surface area (Å²) < 4.78 is 0. The maximum Gasteiger partial charge on any atom is 0.330 e. The van der Waals surface area contributed by atoms with Crippen LogP contribution in [0, 0.1) is 5.41 Å². The Hall–Kier alpha value is -3.10. The van der Waals surface area contributed by atoms with Gasteiger partial charge in [-0.3, -0.25) is 4.79 Å². The number of carbonyl (C=O) groups excluding carboxylic acids is 1. The molecule has 8 nitrogen and oxygen atoms in total. The Morgan fingerprint density at radius 1 is 0.609 bits per heavy atom. The van der Waals surface area contributed by atoms with Crippen molar-refractivity contribution >= 4 is 11.9 Å². The number of carbonyl (C=O) groups is 2. The molecule has 0 saturated carbocycles. The van der Waals surface area contributed by atoms with Crippen molar-refractivity contribution < 1.29 is 35.1 Å². The van der Waals surface area contributed by atoms with Gasteiger partial charge in [0.15, 0.2) is 5.54 Å². The van der Waals surface area contributed by atoms with Crippen LogP contribution in [0.1, 0.15) is 130 Å². The minimum Gasteiger partial charge on any atom is -0.507 e. The molecule has 0 aliphatic rings. The zero-order valence-electron chi connectivity index (χ0n) is 30.4. The molecule has 0 aliphatic heterocycles. The summed E-state index contributed by atoms with van der Waals surface area (Å²) in [6, 6.07) is 7.29. The van der Waals surface area contributed by atoms with Crippen LogP contribution in [-0.2, 0) is 44.1 Å². The Morgan fingerprint density at radius 3 is 1.22 bits per heavy atom. The lowest BCUT2D eigenvalue weighted by atomic mass is 9.67. The standard InChI is InChI=1S/C38H59NO7/c1-33(2,3)25-16-23(17-26(30(25)43)34(4,5)6)14-15-29(42)39-38(32(45)46,37(13,21-40)22-41)20-24-18-27(35(7,8)9)31(44)28(19-24)36(10,11)12/h16-19,40-41,43-44H,14-15,20-22H2,1-13H3,(H,39,42)(H,45,46). The van der Waals surface area contributed by atoms with Crippen molar-refractivity contribution in [3.05, 3.63) is 57.6 Å². The van der Waals surface area contributed by atoms with Crippen LogP contribution in [-0.4, -0.2) is 56.2 Å². The molecule has 0 radical (unpaired) electrons. The van der Waals surface area contributed by atoms with Gasteiger partial charge >= 0.3 is 5.97 Å². The van der Waals surface area contributed by atoms with Gasteiger partial charge in [-0.1, -0.05) is 114 Å². The fraction of sp³-hybridized carbons (Fsp3) is 0.632. The molecule has 0 aliphatic carbocycles. The zero-order chi connectivity index (χ0) is 35.8. The zero-order valence-corrected chi connectivity index (χ0v) is 30.4. The van der Waals surface area contributed by atoms with Gasteiger partial charge in [-0.05, 0) is 61.5 Å². The second kappa shape index (κ2) is 13.2. The Balaban J connectivity index is 2.66. The van der Waals surface area contributed by atoms with Gasteiger partial charge in [-0.15, -0.1) is 0 Å². The Labute approximate surface area is 276 Å². The molecular weight excluding hydrogens is 582 g/mol. The number of rotatable bonds is 10. The third-order valence-corrected chi connectivity index (χ3v) is 9.13. The van der Waals surface area contributed by atoms with Gasteiger partial charge in [0.1, 0.15) is 11.5 Å². The molecule has 0 saturated heterocycles. The molecule has 46 heavy (non-hydrogen) atoms. The summed E-state index contributed by atoms with van der Waals surface area (Å²) in [5.74, 6) is -1.57. The number of hydrogen-bond donors (Lipinski definition) is 6. The highest BCUT2D eigenvalue weighted by Crippen LogP contribution is 2.43. The van der Waals surface area contributed by atoms with E-state index in [4.69, 9.17) is 0 Å². The predicted molar refractivity (Wildman–Crippen MR) is 184 cm³/mol. The molecule has 0 bridgehead atoms. The van der Waals surface area contributed by atoms with E-state index in [0.29, 0.717) is 16.7 Å². The number of carboxylic acids is 1. The Kier molecular flexibility index (Phi) is 11.2. The van der Waals surface area contributed by atoms with Crippen LogP contribution in [0.25, 0.3) is 0 Å². The van der Waals surface area contributed by atoms with Crippen LogP contribution in [0.15, 0.2) is 24.3 Å². The van der Waals surface area contributed by atoms with E-state index in [1.807, 2.05) is 95.2 Å². The number of benzene rings is 2. The number of aliphatic hydroxyl groups excluding tert-OH is 2. The van der Waals surface area contributed by atoms with Crippen molar-refractivity contribution in [3.63, 3.8) is 0 Å². The van der Waals surface area contributed by atoms with Crippen LogP contribution in [0.3, 0.4) is 0 Å². The minimum absolute atomic E-state index is 0.0596. The highest BCUT2D eigenvalue weighted by atomic mass is 16.4. The molecule has 0 heterocycles. The van der Waals surface area contributed by atoms with E-state index in [2.05, 4.69) is 5.32 Å². The largest absolute Gasteiger partial charge is 0.507 e. The maximum atomic E-state index is 13.7. The van der Waals surface area contributed by atoms with E-state index in [0.717, 1.165) is 16.7 Å². The maximum absolute atomic E-state index is 13.7. The number of aliphatic hydroxyl groups is 2. The van der Waals surface area contributed by atoms with Gasteiger partial charge in [0.2, 0.25) is 5.91 Å². The molecular formula is C38H59NO7. The second-order valence-electron chi connectivity index (χ2n) is 17.4. The first kappa shape index (κ1) is 39.1. The van der Waals surface area contributed by atoms with Crippen molar-refractivity contribution in [3.8, 4) is 11.5 Å². The van der Waals surface area contributed by atoms with Crippen molar-refractivity contribution in [2.24, 2.45) is 5.41 Å². The van der Waals surface area contributed by atoms with Crippen LogP contribution < -0.4 is 5.32 Å². The number of hydrogen-bond acceptors (Lipinski definition) is 6. The van der Waals surface area contributed by atoms with Gasteiger partial charge in [-0.25, -0.2) is 4.79 Å². The molecule has 1 unspecified atom stereocenters. The first-order chi connectivity index (χ1) is 20.6. The fourth-order valence-electron chi connectivity index (χ4n) is 5.90. The molecule has 6 N–H and O–H groups in total. The van der Waals surface area contributed by atoms with Crippen LogP contribution >= 0.6 is 0 Å². The Morgan fingerprint density at radius 2 is 0.935 bits per heavy atom. The van der Waals surface area contributed by atoms with E-state index in [1.54, 1.807) is 12.1 Å². The highest BCUT2D eigenvalue weighted by Gasteiger charge is 2.55. The van der Waals surface area contributed by atoms with Crippen molar-refractivity contribution in [2.75, 3.05) is 13.2 Å². The second-order valence-corrected chi connectivity index (χ2v) is 17.4. The SMILES string of the molecule is CC(C)(C)c1cc(CCC(=O)NC(Cc2cc(C(C)(C)C)c(O)c(C(C)(C)C)c2)(C(=O)O)C(C)(CO)CO)cc(C(C)(C)C)c1O.